The Morgan fingerprint density at radius 1 is 0.947 bits per heavy atom. The van der Waals surface area contributed by atoms with Gasteiger partial charge in [0.1, 0.15) is 0 Å². The summed E-state index contributed by atoms with van der Waals surface area (Å²) in [4.78, 5) is 2.58. The van der Waals surface area contributed by atoms with E-state index in [4.69, 9.17) is 5.73 Å². The zero-order chi connectivity index (χ0) is 13.3. The van der Waals surface area contributed by atoms with Crippen LogP contribution in [0.25, 0.3) is 0 Å². The lowest BCUT2D eigenvalue weighted by atomic mass is 10.0. The maximum absolute atomic E-state index is 5.51. The number of rotatable bonds is 8. The van der Waals surface area contributed by atoms with Crippen LogP contribution in [0, 0.1) is 0 Å². The van der Waals surface area contributed by atoms with Crippen molar-refractivity contribution in [3.05, 3.63) is 29.8 Å². The van der Waals surface area contributed by atoms with E-state index in [1.165, 1.54) is 75.7 Å². The van der Waals surface area contributed by atoms with Gasteiger partial charge in [-0.05, 0) is 43.9 Å². The Morgan fingerprint density at radius 2 is 1.68 bits per heavy atom. The van der Waals surface area contributed by atoms with Gasteiger partial charge in [0.2, 0.25) is 0 Å². The summed E-state index contributed by atoms with van der Waals surface area (Å²) in [5, 5.41) is 0. The molecule has 0 saturated carbocycles. The molecule has 1 aliphatic heterocycles. The van der Waals surface area contributed by atoms with Crippen LogP contribution in [-0.2, 0) is 6.42 Å². The Kier molecular flexibility index (Phi) is 6.22. The molecule has 0 fully saturated rings. The minimum Gasteiger partial charge on any atom is -0.371 e. The normalized spacial score (nSPS) is 14.5. The number of hydrogen-bond acceptors (Lipinski definition) is 2. The van der Waals surface area contributed by atoms with E-state index in [9.17, 15) is 0 Å². The van der Waals surface area contributed by atoms with Crippen LogP contribution in [0.2, 0.25) is 0 Å². The Hall–Kier alpha value is -1.02. The van der Waals surface area contributed by atoms with Crippen molar-refractivity contribution < 1.29 is 0 Å². The van der Waals surface area contributed by atoms with Crippen molar-refractivity contribution in [3.63, 3.8) is 0 Å². The van der Waals surface area contributed by atoms with Gasteiger partial charge in [0.15, 0.2) is 0 Å². The van der Waals surface area contributed by atoms with E-state index in [2.05, 4.69) is 29.2 Å². The lowest BCUT2D eigenvalue weighted by Gasteiger charge is -2.31. The lowest BCUT2D eigenvalue weighted by molar-refractivity contribution is 0.581. The molecule has 0 aliphatic carbocycles. The molecule has 2 N–H and O–H groups in total. The first-order valence-corrected chi connectivity index (χ1v) is 7.95. The molecule has 2 rings (SSSR count). The third-order valence-electron chi connectivity index (χ3n) is 4.09. The van der Waals surface area contributed by atoms with Gasteiger partial charge < -0.3 is 10.6 Å². The monoisotopic (exact) mass is 260 g/mol. The van der Waals surface area contributed by atoms with Crippen LogP contribution in [-0.4, -0.2) is 19.6 Å². The summed E-state index contributed by atoms with van der Waals surface area (Å²) < 4.78 is 0. The Bertz CT molecular complexity index is 362. The predicted octanol–water partition coefficient (Wildman–Crippen LogP) is 3.74. The average Bonchev–Trinajstić information content (AvgIpc) is 2.46. The van der Waals surface area contributed by atoms with Crippen molar-refractivity contribution in [2.75, 3.05) is 24.5 Å². The second-order valence-corrected chi connectivity index (χ2v) is 5.63. The van der Waals surface area contributed by atoms with Gasteiger partial charge in [-0.15, -0.1) is 0 Å². The molecule has 1 heterocycles. The van der Waals surface area contributed by atoms with Gasteiger partial charge in [0.25, 0.3) is 0 Å². The number of fused-ring (bicyclic) bond motifs is 1. The number of nitrogens with zero attached hydrogens (tertiary/aromatic N) is 1. The van der Waals surface area contributed by atoms with Crippen molar-refractivity contribution in [1.29, 1.82) is 0 Å². The van der Waals surface area contributed by atoms with Crippen LogP contribution in [0.5, 0.6) is 0 Å². The molecule has 0 atom stereocenters. The van der Waals surface area contributed by atoms with E-state index in [-0.39, 0.29) is 0 Å². The summed E-state index contributed by atoms with van der Waals surface area (Å²) in [6.45, 7) is 3.32. The van der Waals surface area contributed by atoms with E-state index in [1.54, 1.807) is 0 Å². The fraction of sp³-hybridized carbons (Fsp3) is 0.647. The summed E-state index contributed by atoms with van der Waals surface area (Å²) in [7, 11) is 0. The smallest absolute Gasteiger partial charge is 0.0398 e. The Labute approximate surface area is 118 Å². The van der Waals surface area contributed by atoms with Crippen molar-refractivity contribution in [1.82, 2.24) is 0 Å². The molecule has 2 heteroatoms. The molecule has 0 bridgehead atoms. The molecule has 0 unspecified atom stereocenters. The van der Waals surface area contributed by atoms with E-state index < -0.39 is 0 Å². The van der Waals surface area contributed by atoms with E-state index >= 15 is 0 Å². The summed E-state index contributed by atoms with van der Waals surface area (Å²) in [5.41, 5.74) is 8.53. The van der Waals surface area contributed by atoms with Crippen molar-refractivity contribution in [3.8, 4) is 0 Å². The zero-order valence-electron chi connectivity index (χ0n) is 12.1. The van der Waals surface area contributed by atoms with Gasteiger partial charge in [0, 0.05) is 18.8 Å². The van der Waals surface area contributed by atoms with Crippen molar-refractivity contribution in [2.45, 2.75) is 51.4 Å². The quantitative estimate of drug-likeness (QED) is 0.721. The topological polar surface area (TPSA) is 29.3 Å². The minimum absolute atomic E-state index is 0.852. The molecular formula is C17H28N2. The highest BCUT2D eigenvalue weighted by Gasteiger charge is 2.14. The largest absolute Gasteiger partial charge is 0.371 e. The summed E-state index contributed by atoms with van der Waals surface area (Å²) in [6.07, 6.45) is 10.5. The number of benzene rings is 1. The molecule has 0 radical (unpaired) electrons. The van der Waals surface area contributed by atoms with Crippen LogP contribution < -0.4 is 10.6 Å². The number of anilines is 1. The molecule has 106 valence electrons. The first kappa shape index (κ1) is 14.4. The van der Waals surface area contributed by atoms with Gasteiger partial charge >= 0.3 is 0 Å². The van der Waals surface area contributed by atoms with Gasteiger partial charge in [-0.1, -0.05) is 43.9 Å². The van der Waals surface area contributed by atoms with E-state index in [0.29, 0.717) is 0 Å². The van der Waals surface area contributed by atoms with Crippen molar-refractivity contribution >= 4 is 5.69 Å². The fourth-order valence-corrected chi connectivity index (χ4v) is 3.00. The zero-order valence-corrected chi connectivity index (χ0v) is 12.1. The summed E-state index contributed by atoms with van der Waals surface area (Å²) in [5.74, 6) is 0. The van der Waals surface area contributed by atoms with Gasteiger partial charge in [-0.2, -0.15) is 0 Å². The third-order valence-corrected chi connectivity index (χ3v) is 4.09. The molecular weight excluding hydrogens is 232 g/mol. The molecule has 0 saturated heterocycles. The fourth-order valence-electron chi connectivity index (χ4n) is 3.00. The molecule has 1 aliphatic rings. The molecule has 1 aromatic rings. The predicted molar refractivity (Wildman–Crippen MR) is 83.7 cm³/mol. The van der Waals surface area contributed by atoms with E-state index in [1.807, 2.05) is 0 Å². The highest BCUT2D eigenvalue weighted by atomic mass is 15.1. The standard InChI is InChI=1S/C17H28N2/c18-13-7-3-1-2-4-8-14-19-15-9-11-16-10-5-6-12-17(16)19/h5-6,10,12H,1-4,7-9,11,13-15,18H2. The maximum atomic E-state index is 5.51. The summed E-state index contributed by atoms with van der Waals surface area (Å²) >= 11 is 0. The molecule has 0 amide bonds. The van der Waals surface area contributed by atoms with Gasteiger partial charge in [-0.3, -0.25) is 0 Å². The third kappa shape index (κ3) is 4.54. The Balaban J connectivity index is 1.67. The first-order chi connectivity index (χ1) is 9.42. The summed E-state index contributed by atoms with van der Waals surface area (Å²) in [6, 6.07) is 8.91. The second-order valence-electron chi connectivity index (χ2n) is 5.63. The van der Waals surface area contributed by atoms with Crippen molar-refractivity contribution in [2.24, 2.45) is 5.73 Å². The number of hydrogen-bond donors (Lipinski definition) is 1. The second kappa shape index (κ2) is 8.21. The van der Waals surface area contributed by atoms with Crippen LogP contribution in [0.15, 0.2) is 24.3 Å². The highest BCUT2D eigenvalue weighted by Crippen LogP contribution is 2.26. The van der Waals surface area contributed by atoms with Crippen LogP contribution in [0.1, 0.15) is 50.5 Å². The first-order valence-electron chi connectivity index (χ1n) is 7.95. The van der Waals surface area contributed by atoms with E-state index in [0.717, 1.165) is 6.54 Å². The molecule has 0 spiro atoms. The number of para-hydroxylation sites is 1. The Morgan fingerprint density at radius 3 is 2.53 bits per heavy atom. The molecule has 0 aromatic heterocycles. The average molecular weight is 260 g/mol. The SMILES string of the molecule is NCCCCCCCCN1CCCc2ccccc21. The molecule has 2 nitrogen and oxygen atoms in total. The van der Waals surface area contributed by atoms with Crippen LogP contribution in [0.3, 0.4) is 0 Å². The van der Waals surface area contributed by atoms with Crippen LogP contribution in [0.4, 0.5) is 5.69 Å². The maximum Gasteiger partial charge on any atom is 0.0398 e. The number of aryl methyl sites for hydroxylation is 1. The number of nitrogens with two attached hydrogens (primary N) is 1. The molecule has 19 heavy (non-hydrogen) atoms. The van der Waals surface area contributed by atoms with Gasteiger partial charge in [-0.25, -0.2) is 0 Å². The lowest BCUT2D eigenvalue weighted by Crippen LogP contribution is -2.30. The highest BCUT2D eigenvalue weighted by molar-refractivity contribution is 5.55. The number of unbranched alkanes of at least 4 members (excludes halogenated alkanes) is 5. The molecule has 1 aromatic carbocycles. The van der Waals surface area contributed by atoms with Gasteiger partial charge in [0.05, 0.1) is 0 Å². The minimum atomic E-state index is 0.852. The van der Waals surface area contributed by atoms with Crippen LogP contribution >= 0.6 is 0 Å².